The summed E-state index contributed by atoms with van der Waals surface area (Å²) in [6.45, 7) is 7.72. The fourth-order valence-corrected chi connectivity index (χ4v) is 1.74. The van der Waals surface area contributed by atoms with E-state index in [9.17, 15) is 9.59 Å². The van der Waals surface area contributed by atoms with Crippen LogP contribution in [0.1, 0.15) is 34.1 Å². The van der Waals surface area contributed by atoms with E-state index in [1.54, 1.807) is 0 Å². The molecular formula is C10H19NO2S. The smallest absolute Gasteiger partial charge is 0.233 e. The number of hydrogen-bond acceptors (Lipinski definition) is 2. The molecule has 82 valence electrons. The van der Waals surface area contributed by atoms with Gasteiger partial charge in [0.05, 0.1) is 0 Å². The van der Waals surface area contributed by atoms with E-state index in [0.29, 0.717) is 6.42 Å². The molecular weight excluding hydrogens is 198 g/mol. The fraction of sp³-hybridized carbons (Fsp3) is 0.800. The third-order valence-corrected chi connectivity index (χ3v) is 2.54. The Hall–Kier alpha value is -0.510. The van der Waals surface area contributed by atoms with Crippen LogP contribution in [0.4, 0.5) is 0 Å². The third-order valence-electron chi connectivity index (χ3n) is 2.54. The molecule has 1 aliphatic heterocycles. The average molecular weight is 217 g/mol. The minimum absolute atomic E-state index is 0. The van der Waals surface area contributed by atoms with E-state index in [0.717, 1.165) is 0 Å². The quantitative estimate of drug-likeness (QED) is 0.658. The Morgan fingerprint density at radius 1 is 1.21 bits per heavy atom. The van der Waals surface area contributed by atoms with Crippen LogP contribution in [0.15, 0.2) is 0 Å². The Morgan fingerprint density at radius 3 is 1.93 bits per heavy atom. The second-order valence-electron chi connectivity index (χ2n) is 4.25. The summed E-state index contributed by atoms with van der Waals surface area (Å²) >= 11 is 0. The van der Waals surface area contributed by atoms with Crippen molar-refractivity contribution < 1.29 is 9.59 Å². The minimum atomic E-state index is -0.0881. The normalized spacial score (nSPS) is 22.1. The van der Waals surface area contributed by atoms with Crippen LogP contribution in [-0.4, -0.2) is 22.8 Å². The molecule has 1 fully saturated rings. The zero-order valence-corrected chi connectivity index (χ0v) is 10.2. The highest BCUT2D eigenvalue weighted by Gasteiger charge is 2.40. The Bertz CT molecular complexity index is 238. The van der Waals surface area contributed by atoms with Gasteiger partial charge in [0.25, 0.3) is 0 Å². The van der Waals surface area contributed by atoms with Crippen LogP contribution < -0.4 is 0 Å². The van der Waals surface area contributed by atoms with Gasteiger partial charge in [-0.3, -0.25) is 14.5 Å². The van der Waals surface area contributed by atoms with Gasteiger partial charge in [-0.15, -0.1) is 0 Å². The minimum Gasteiger partial charge on any atom is -0.280 e. The molecule has 0 aromatic carbocycles. The molecule has 1 atom stereocenters. The molecule has 1 aliphatic rings. The molecule has 14 heavy (non-hydrogen) atoms. The molecule has 1 saturated heterocycles. The summed E-state index contributed by atoms with van der Waals surface area (Å²) in [5.74, 6) is 0.170. The van der Waals surface area contributed by atoms with E-state index in [4.69, 9.17) is 0 Å². The predicted molar refractivity (Wildman–Crippen MR) is 60.3 cm³/mol. The second kappa shape index (κ2) is 4.82. The van der Waals surface area contributed by atoms with Crippen LogP contribution in [0.5, 0.6) is 0 Å². The molecule has 0 aliphatic carbocycles. The molecule has 3 nitrogen and oxygen atoms in total. The fourth-order valence-electron chi connectivity index (χ4n) is 1.74. The lowest BCUT2D eigenvalue weighted by Crippen LogP contribution is -2.37. The Kier molecular flexibility index (Phi) is 4.65. The lowest BCUT2D eigenvalue weighted by molar-refractivity contribution is -0.141. The summed E-state index contributed by atoms with van der Waals surface area (Å²) in [7, 11) is 0. The van der Waals surface area contributed by atoms with Crippen molar-refractivity contribution in [2.45, 2.75) is 40.2 Å². The van der Waals surface area contributed by atoms with Crippen molar-refractivity contribution in [2.75, 3.05) is 0 Å². The predicted octanol–water partition coefficient (Wildman–Crippen LogP) is 1.54. The number of carbonyl (C=O) groups excluding carboxylic acids is 2. The molecule has 0 aromatic rings. The van der Waals surface area contributed by atoms with E-state index in [1.165, 1.54) is 4.90 Å². The lowest BCUT2D eigenvalue weighted by atomic mass is 9.94. The Morgan fingerprint density at radius 2 is 1.71 bits per heavy atom. The summed E-state index contributed by atoms with van der Waals surface area (Å²) in [4.78, 5) is 24.5. The highest BCUT2D eigenvalue weighted by atomic mass is 32.1. The van der Waals surface area contributed by atoms with Crippen molar-refractivity contribution in [3.05, 3.63) is 0 Å². The largest absolute Gasteiger partial charge is 0.280 e. The van der Waals surface area contributed by atoms with Crippen molar-refractivity contribution in [1.29, 1.82) is 0 Å². The number of imide groups is 1. The number of carbonyl (C=O) groups is 2. The molecule has 1 heterocycles. The highest BCUT2D eigenvalue weighted by molar-refractivity contribution is 7.59. The number of amides is 2. The zero-order chi connectivity index (χ0) is 10.2. The van der Waals surface area contributed by atoms with Crippen LogP contribution in [0, 0.1) is 11.8 Å². The van der Waals surface area contributed by atoms with Crippen LogP contribution in [0.3, 0.4) is 0 Å². The van der Waals surface area contributed by atoms with Gasteiger partial charge < -0.3 is 0 Å². The average Bonchev–Trinajstić information content (AvgIpc) is 2.26. The zero-order valence-electron chi connectivity index (χ0n) is 9.20. The van der Waals surface area contributed by atoms with Gasteiger partial charge in [-0.1, -0.05) is 13.8 Å². The lowest BCUT2D eigenvalue weighted by Gasteiger charge is -2.19. The number of hydrogen-bond donors (Lipinski definition) is 0. The molecule has 0 saturated carbocycles. The van der Waals surface area contributed by atoms with E-state index in [1.807, 2.05) is 27.7 Å². The Balaban J connectivity index is 0.00000169. The van der Waals surface area contributed by atoms with Crippen LogP contribution in [0.2, 0.25) is 0 Å². The summed E-state index contributed by atoms with van der Waals surface area (Å²) in [5, 5.41) is 0. The number of nitrogens with zero attached hydrogens (tertiary/aromatic N) is 1. The van der Waals surface area contributed by atoms with Crippen LogP contribution >= 0.6 is 13.5 Å². The topological polar surface area (TPSA) is 37.4 Å². The highest BCUT2D eigenvalue weighted by Crippen LogP contribution is 2.27. The van der Waals surface area contributed by atoms with Crippen molar-refractivity contribution >= 4 is 25.3 Å². The maximum atomic E-state index is 11.7. The van der Waals surface area contributed by atoms with Gasteiger partial charge in [-0.2, -0.15) is 13.5 Å². The van der Waals surface area contributed by atoms with E-state index >= 15 is 0 Å². The second-order valence-corrected chi connectivity index (χ2v) is 4.25. The maximum Gasteiger partial charge on any atom is 0.233 e. The summed E-state index contributed by atoms with van der Waals surface area (Å²) in [6.07, 6.45) is 0.397. The molecule has 0 N–H and O–H groups in total. The molecule has 0 aromatic heterocycles. The summed E-state index contributed by atoms with van der Waals surface area (Å²) in [6, 6.07) is 0.00347. The van der Waals surface area contributed by atoms with Gasteiger partial charge in [0.15, 0.2) is 0 Å². The SMILES string of the molecule is CC(C)C1CC(=O)N(C(C)C)C1=O.S. The molecule has 0 bridgehead atoms. The van der Waals surface area contributed by atoms with Crippen molar-refractivity contribution in [3.8, 4) is 0 Å². The molecule has 0 spiro atoms. The van der Waals surface area contributed by atoms with Crippen molar-refractivity contribution in [3.63, 3.8) is 0 Å². The number of rotatable bonds is 2. The maximum absolute atomic E-state index is 11.7. The molecule has 4 heteroatoms. The summed E-state index contributed by atoms with van der Waals surface area (Å²) in [5.41, 5.74) is 0. The molecule has 0 radical (unpaired) electrons. The monoisotopic (exact) mass is 217 g/mol. The number of likely N-dealkylation sites (tertiary alicyclic amines) is 1. The van der Waals surface area contributed by atoms with Gasteiger partial charge in [0, 0.05) is 18.4 Å². The standard InChI is InChI=1S/C10H17NO2.H2S/c1-6(2)8-5-9(12)11(7(3)4)10(8)13;/h6-8H,5H2,1-4H3;1H2. The first-order valence-corrected chi connectivity index (χ1v) is 4.81. The first kappa shape index (κ1) is 13.5. The first-order chi connectivity index (χ1) is 5.95. The van der Waals surface area contributed by atoms with Gasteiger partial charge >= 0.3 is 0 Å². The van der Waals surface area contributed by atoms with Gasteiger partial charge in [-0.05, 0) is 19.8 Å². The van der Waals surface area contributed by atoms with E-state index < -0.39 is 0 Å². The van der Waals surface area contributed by atoms with Gasteiger partial charge in [-0.25, -0.2) is 0 Å². The van der Waals surface area contributed by atoms with Gasteiger partial charge in [0.2, 0.25) is 11.8 Å². The first-order valence-electron chi connectivity index (χ1n) is 4.81. The Labute approximate surface area is 92.3 Å². The van der Waals surface area contributed by atoms with Crippen molar-refractivity contribution in [2.24, 2.45) is 11.8 Å². The summed E-state index contributed by atoms with van der Waals surface area (Å²) < 4.78 is 0. The molecule has 1 unspecified atom stereocenters. The van der Waals surface area contributed by atoms with Crippen molar-refractivity contribution in [1.82, 2.24) is 4.90 Å². The van der Waals surface area contributed by atoms with Crippen LogP contribution in [0.25, 0.3) is 0 Å². The molecule has 2 amide bonds. The third kappa shape index (κ3) is 2.29. The van der Waals surface area contributed by atoms with E-state index in [-0.39, 0.29) is 43.2 Å². The molecule has 1 rings (SSSR count). The van der Waals surface area contributed by atoms with Crippen LogP contribution in [-0.2, 0) is 9.59 Å². The van der Waals surface area contributed by atoms with E-state index in [2.05, 4.69) is 0 Å². The van der Waals surface area contributed by atoms with Gasteiger partial charge in [0.1, 0.15) is 0 Å².